The average molecular weight is 256 g/mol. The van der Waals surface area contributed by atoms with E-state index in [0.29, 0.717) is 18.0 Å². The zero-order chi connectivity index (χ0) is 13.3. The van der Waals surface area contributed by atoms with Crippen LogP contribution in [-0.4, -0.2) is 18.2 Å². The molecule has 0 radical (unpaired) electrons. The largest absolute Gasteiger partial charge is 0.399 e. The van der Waals surface area contributed by atoms with E-state index in [1.165, 1.54) is 6.07 Å². The lowest BCUT2D eigenvalue weighted by atomic mass is 9.93. The highest BCUT2D eigenvalue weighted by Gasteiger charge is 2.37. The van der Waals surface area contributed by atoms with Crippen LogP contribution in [0.25, 0.3) is 0 Å². The fraction of sp³-hybridized carbons (Fsp3) is 0.538. The van der Waals surface area contributed by atoms with E-state index < -0.39 is 6.43 Å². The van der Waals surface area contributed by atoms with Crippen LogP contribution in [0.4, 0.5) is 20.2 Å². The lowest BCUT2D eigenvalue weighted by molar-refractivity contribution is 0.105. The van der Waals surface area contributed by atoms with Gasteiger partial charge >= 0.3 is 0 Å². The molecule has 0 amide bonds. The van der Waals surface area contributed by atoms with Crippen LogP contribution in [0.1, 0.15) is 32.3 Å². The molecule has 1 fully saturated rings. The molecule has 2 unspecified atom stereocenters. The van der Waals surface area contributed by atoms with Crippen molar-refractivity contribution in [2.24, 2.45) is 0 Å². The topological polar surface area (TPSA) is 47.3 Å². The SMILES string of the molecule is CC1OCCC1(C)Nc1ccc(N)cc1C(F)F. The minimum absolute atomic E-state index is 0.0134. The van der Waals surface area contributed by atoms with Crippen LogP contribution in [0.5, 0.6) is 0 Å². The Kier molecular flexibility index (Phi) is 3.43. The first-order valence-corrected chi connectivity index (χ1v) is 6.00. The van der Waals surface area contributed by atoms with Gasteiger partial charge in [-0.2, -0.15) is 0 Å². The predicted molar refractivity (Wildman–Crippen MR) is 67.9 cm³/mol. The molecule has 2 rings (SSSR count). The zero-order valence-electron chi connectivity index (χ0n) is 10.5. The number of alkyl halides is 2. The molecule has 0 saturated carbocycles. The Morgan fingerprint density at radius 2 is 2.22 bits per heavy atom. The average Bonchev–Trinajstić information content (AvgIpc) is 2.61. The summed E-state index contributed by atoms with van der Waals surface area (Å²) in [7, 11) is 0. The Hall–Kier alpha value is -1.36. The van der Waals surface area contributed by atoms with E-state index in [-0.39, 0.29) is 17.2 Å². The Labute approximate surface area is 105 Å². The van der Waals surface area contributed by atoms with Gasteiger partial charge in [-0.05, 0) is 38.5 Å². The molecule has 1 aromatic carbocycles. The molecule has 1 aliphatic rings. The van der Waals surface area contributed by atoms with Gasteiger partial charge in [0.05, 0.1) is 11.6 Å². The van der Waals surface area contributed by atoms with Gasteiger partial charge < -0.3 is 15.8 Å². The van der Waals surface area contributed by atoms with Crippen LogP contribution in [0.15, 0.2) is 18.2 Å². The molecule has 1 heterocycles. The third kappa shape index (κ3) is 2.41. The van der Waals surface area contributed by atoms with E-state index in [4.69, 9.17) is 10.5 Å². The van der Waals surface area contributed by atoms with Gasteiger partial charge in [0.15, 0.2) is 0 Å². The molecule has 2 atom stereocenters. The Morgan fingerprint density at radius 1 is 1.50 bits per heavy atom. The molecule has 0 spiro atoms. The Balaban J connectivity index is 2.28. The number of hydrogen-bond acceptors (Lipinski definition) is 3. The number of benzene rings is 1. The molecule has 5 heteroatoms. The third-order valence-electron chi connectivity index (χ3n) is 3.62. The minimum atomic E-state index is -2.54. The van der Waals surface area contributed by atoms with Gasteiger partial charge in [-0.1, -0.05) is 0 Å². The number of ether oxygens (including phenoxy) is 1. The summed E-state index contributed by atoms with van der Waals surface area (Å²) in [5.74, 6) is 0. The molecule has 0 bridgehead atoms. The first-order chi connectivity index (χ1) is 8.42. The summed E-state index contributed by atoms with van der Waals surface area (Å²) < 4.78 is 31.4. The van der Waals surface area contributed by atoms with Crippen LogP contribution in [0.3, 0.4) is 0 Å². The molecule has 18 heavy (non-hydrogen) atoms. The lowest BCUT2D eigenvalue weighted by Gasteiger charge is -2.31. The first kappa shape index (κ1) is 13.1. The zero-order valence-corrected chi connectivity index (χ0v) is 10.5. The number of halogens is 2. The summed E-state index contributed by atoms with van der Waals surface area (Å²) in [6.45, 7) is 4.57. The van der Waals surface area contributed by atoms with Crippen LogP contribution < -0.4 is 11.1 Å². The van der Waals surface area contributed by atoms with Gasteiger partial charge in [-0.25, -0.2) is 8.78 Å². The first-order valence-electron chi connectivity index (χ1n) is 6.00. The summed E-state index contributed by atoms with van der Waals surface area (Å²) in [6.07, 6.45) is -1.76. The van der Waals surface area contributed by atoms with Crippen molar-refractivity contribution < 1.29 is 13.5 Å². The Bertz CT molecular complexity index is 439. The molecule has 0 aliphatic carbocycles. The van der Waals surface area contributed by atoms with Crippen molar-refractivity contribution in [1.29, 1.82) is 0 Å². The number of hydrogen-bond donors (Lipinski definition) is 2. The Morgan fingerprint density at radius 3 is 2.78 bits per heavy atom. The number of nitrogen functional groups attached to an aromatic ring is 1. The monoisotopic (exact) mass is 256 g/mol. The summed E-state index contributed by atoms with van der Waals surface area (Å²) >= 11 is 0. The molecule has 3 N–H and O–H groups in total. The van der Waals surface area contributed by atoms with E-state index in [1.54, 1.807) is 12.1 Å². The lowest BCUT2D eigenvalue weighted by Crippen LogP contribution is -2.41. The summed E-state index contributed by atoms with van der Waals surface area (Å²) in [5, 5.41) is 3.18. The van der Waals surface area contributed by atoms with Crippen molar-refractivity contribution in [2.75, 3.05) is 17.7 Å². The molecule has 3 nitrogen and oxygen atoms in total. The second kappa shape index (κ2) is 4.72. The van der Waals surface area contributed by atoms with Crippen LogP contribution >= 0.6 is 0 Å². The number of rotatable bonds is 3. The highest BCUT2D eigenvalue weighted by atomic mass is 19.3. The second-order valence-corrected chi connectivity index (χ2v) is 4.95. The molecule has 1 aliphatic heterocycles. The van der Waals surface area contributed by atoms with E-state index in [2.05, 4.69) is 5.32 Å². The molecule has 100 valence electrons. The smallest absolute Gasteiger partial charge is 0.265 e. The highest BCUT2D eigenvalue weighted by molar-refractivity contribution is 5.60. The van der Waals surface area contributed by atoms with E-state index in [0.717, 1.165) is 6.42 Å². The van der Waals surface area contributed by atoms with Gasteiger partial charge in [0, 0.05) is 23.5 Å². The van der Waals surface area contributed by atoms with Crippen molar-refractivity contribution >= 4 is 11.4 Å². The second-order valence-electron chi connectivity index (χ2n) is 4.95. The summed E-state index contributed by atoms with van der Waals surface area (Å²) in [6, 6.07) is 4.54. The third-order valence-corrected chi connectivity index (χ3v) is 3.62. The van der Waals surface area contributed by atoms with Crippen molar-refractivity contribution in [2.45, 2.75) is 38.3 Å². The fourth-order valence-electron chi connectivity index (χ4n) is 2.18. The van der Waals surface area contributed by atoms with Gasteiger partial charge in [0.25, 0.3) is 6.43 Å². The maximum Gasteiger partial charge on any atom is 0.265 e. The maximum atomic E-state index is 13.0. The van der Waals surface area contributed by atoms with Gasteiger partial charge in [0.2, 0.25) is 0 Å². The molecule has 0 aromatic heterocycles. The molecular formula is C13H18F2N2O. The molecular weight excluding hydrogens is 238 g/mol. The predicted octanol–water partition coefficient (Wildman–Crippen LogP) is 3.19. The molecule has 1 saturated heterocycles. The quantitative estimate of drug-likeness (QED) is 0.816. The van der Waals surface area contributed by atoms with Crippen LogP contribution in [-0.2, 0) is 4.74 Å². The standard InChI is InChI=1S/C13H18F2N2O/c1-8-13(2,5-6-18-8)17-11-4-3-9(16)7-10(11)12(14)15/h3-4,7-8,12,17H,5-6,16H2,1-2H3. The number of anilines is 2. The van der Waals surface area contributed by atoms with E-state index in [9.17, 15) is 8.78 Å². The van der Waals surface area contributed by atoms with E-state index in [1.807, 2.05) is 13.8 Å². The minimum Gasteiger partial charge on any atom is -0.399 e. The van der Waals surface area contributed by atoms with E-state index >= 15 is 0 Å². The van der Waals surface area contributed by atoms with Crippen molar-refractivity contribution in [1.82, 2.24) is 0 Å². The van der Waals surface area contributed by atoms with Gasteiger partial charge in [0.1, 0.15) is 0 Å². The molecule has 1 aromatic rings. The maximum absolute atomic E-state index is 13.0. The fourth-order valence-corrected chi connectivity index (χ4v) is 2.18. The van der Waals surface area contributed by atoms with Crippen molar-refractivity contribution in [3.63, 3.8) is 0 Å². The van der Waals surface area contributed by atoms with Gasteiger partial charge in [-0.15, -0.1) is 0 Å². The normalized spacial score (nSPS) is 27.7. The highest BCUT2D eigenvalue weighted by Crippen LogP contribution is 2.35. The van der Waals surface area contributed by atoms with Crippen molar-refractivity contribution in [3.05, 3.63) is 23.8 Å². The van der Waals surface area contributed by atoms with Crippen LogP contribution in [0, 0.1) is 0 Å². The van der Waals surface area contributed by atoms with Gasteiger partial charge in [-0.3, -0.25) is 0 Å². The van der Waals surface area contributed by atoms with Crippen molar-refractivity contribution in [3.8, 4) is 0 Å². The number of nitrogens with two attached hydrogens (primary N) is 1. The van der Waals surface area contributed by atoms with Crippen LogP contribution in [0.2, 0.25) is 0 Å². The number of nitrogens with one attached hydrogen (secondary N) is 1. The summed E-state index contributed by atoms with van der Waals surface area (Å²) in [4.78, 5) is 0. The summed E-state index contributed by atoms with van der Waals surface area (Å²) in [5.41, 5.74) is 5.94.